The van der Waals surface area contributed by atoms with E-state index in [0.717, 1.165) is 32.1 Å². The molecule has 1 heterocycles. The second-order valence-electron chi connectivity index (χ2n) is 5.14. The Morgan fingerprint density at radius 2 is 2.10 bits per heavy atom. The zero-order valence-corrected chi connectivity index (χ0v) is 11.9. The maximum absolute atomic E-state index is 9.93. The predicted octanol–water partition coefficient (Wildman–Crippen LogP) is 1.21. The highest BCUT2D eigenvalue weighted by Crippen LogP contribution is 2.24. The number of rotatable bonds is 6. The van der Waals surface area contributed by atoms with E-state index in [4.69, 9.17) is 10.5 Å². The monoisotopic (exact) mass is 281 g/mol. The van der Waals surface area contributed by atoms with Crippen LogP contribution in [0.4, 0.5) is 11.9 Å². The van der Waals surface area contributed by atoms with Gasteiger partial charge >= 0.3 is 6.01 Å². The van der Waals surface area contributed by atoms with Gasteiger partial charge < -0.3 is 20.9 Å². The molecule has 4 N–H and O–H groups in total. The lowest BCUT2D eigenvalue weighted by atomic mass is 9.86. The zero-order valence-electron chi connectivity index (χ0n) is 11.9. The maximum Gasteiger partial charge on any atom is 0.323 e. The van der Waals surface area contributed by atoms with Gasteiger partial charge in [-0.25, -0.2) is 0 Å². The fraction of sp³-hybridized carbons (Fsp3) is 0.769. The summed E-state index contributed by atoms with van der Waals surface area (Å²) in [6, 6.07) is 0.242. The molecule has 7 heteroatoms. The lowest BCUT2D eigenvalue weighted by Gasteiger charge is -2.27. The third-order valence-corrected chi connectivity index (χ3v) is 3.46. The lowest BCUT2D eigenvalue weighted by Crippen LogP contribution is -2.30. The van der Waals surface area contributed by atoms with Gasteiger partial charge in [0, 0.05) is 12.5 Å². The van der Waals surface area contributed by atoms with Crippen LogP contribution in [0.5, 0.6) is 6.01 Å². The van der Waals surface area contributed by atoms with Crippen LogP contribution in [0.1, 0.15) is 39.0 Å². The molecule has 1 aliphatic rings. The van der Waals surface area contributed by atoms with Gasteiger partial charge in [0.1, 0.15) is 0 Å². The molecule has 1 saturated carbocycles. The van der Waals surface area contributed by atoms with Gasteiger partial charge in [-0.1, -0.05) is 19.8 Å². The Morgan fingerprint density at radius 1 is 1.30 bits per heavy atom. The van der Waals surface area contributed by atoms with E-state index >= 15 is 0 Å². The van der Waals surface area contributed by atoms with Crippen molar-refractivity contribution >= 4 is 11.9 Å². The van der Waals surface area contributed by atoms with Crippen molar-refractivity contribution < 1.29 is 9.84 Å². The van der Waals surface area contributed by atoms with E-state index < -0.39 is 0 Å². The van der Waals surface area contributed by atoms with Crippen molar-refractivity contribution in [3.05, 3.63) is 0 Å². The molecule has 1 fully saturated rings. The smallest absolute Gasteiger partial charge is 0.323 e. The molecule has 1 aliphatic carbocycles. The first kappa shape index (κ1) is 14.8. The van der Waals surface area contributed by atoms with Crippen molar-refractivity contribution in [3.63, 3.8) is 0 Å². The average Bonchev–Trinajstić information content (AvgIpc) is 2.44. The Balaban J connectivity index is 1.92. The summed E-state index contributed by atoms with van der Waals surface area (Å²) in [6.07, 6.45) is 4.79. The van der Waals surface area contributed by atoms with E-state index in [1.54, 1.807) is 0 Å². The average molecular weight is 281 g/mol. The van der Waals surface area contributed by atoms with Crippen LogP contribution < -0.4 is 15.8 Å². The molecule has 0 saturated heterocycles. The number of hydrogen-bond donors (Lipinski definition) is 3. The lowest BCUT2D eigenvalue weighted by molar-refractivity contribution is 0.0762. The summed E-state index contributed by atoms with van der Waals surface area (Å²) >= 11 is 0. The van der Waals surface area contributed by atoms with Crippen molar-refractivity contribution in [3.8, 4) is 6.01 Å². The number of nitrogens with one attached hydrogen (secondary N) is 1. The van der Waals surface area contributed by atoms with Crippen molar-refractivity contribution in [2.45, 2.75) is 45.1 Å². The maximum atomic E-state index is 9.93. The van der Waals surface area contributed by atoms with Gasteiger partial charge in [0.15, 0.2) is 0 Å². The van der Waals surface area contributed by atoms with E-state index in [1.165, 1.54) is 0 Å². The number of nitrogens with zero attached hydrogens (tertiary/aromatic N) is 3. The van der Waals surface area contributed by atoms with Crippen LogP contribution in [0.3, 0.4) is 0 Å². The molecule has 0 aliphatic heterocycles. The van der Waals surface area contributed by atoms with E-state index in [0.29, 0.717) is 19.1 Å². The fourth-order valence-electron chi connectivity index (χ4n) is 2.36. The van der Waals surface area contributed by atoms with Crippen LogP contribution in [0, 0.1) is 5.92 Å². The van der Waals surface area contributed by atoms with Crippen molar-refractivity contribution in [2.24, 2.45) is 5.92 Å². The van der Waals surface area contributed by atoms with Crippen LogP contribution in [-0.4, -0.2) is 39.3 Å². The highest BCUT2D eigenvalue weighted by atomic mass is 16.5. The summed E-state index contributed by atoms with van der Waals surface area (Å²) < 4.78 is 5.36. The summed E-state index contributed by atoms with van der Waals surface area (Å²) in [7, 11) is 0. The fourth-order valence-corrected chi connectivity index (χ4v) is 2.36. The van der Waals surface area contributed by atoms with Gasteiger partial charge in [-0.05, 0) is 19.3 Å². The largest absolute Gasteiger partial charge is 0.463 e. The molecule has 20 heavy (non-hydrogen) atoms. The van der Waals surface area contributed by atoms with Gasteiger partial charge in [0.2, 0.25) is 11.9 Å². The second-order valence-corrected chi connectivity index (χ2v) is 5.14. The van der Waals surface area contributed by atoms with Gasteiger partial charge in [-0.15, -0.1) is 0 Å². The standard InChI is InChI=1S/C13H23N5O2/c1-2-7-20-13-17-11(14)16-12(18-13)15-8-9-5-3-4-6-10(9)19/h9-10,19H,2-8H2,1H3,(H3,14,15,16,17,18). The number of hydrogen-bond acceptors (Lipinski definition) is 7. The highest BCUT2D eigenvalue weighted by molar-refractivity contribution is 5.32. The molecule has 0 aromatic carbocycles. The van der Waals surface area contributed by atoms with Gasteiger partial charge in [-0.2, -0.15) is 15.0 Å². The molecule has 0 radical (unpaired) electrons. The minimum Gasteiger partial charge on any atom is -0.463 e. The molecule has 1 aromatic rings. The molecule has 2 unspecified atom stereocenters. The summed E-state index contributed by atoms with van der Waals surface area (Å²) in [5, 5.41) is 13.0. The third kappa shape index (κ3) is 4.19. The second kappa shape index (κ2) is 7.23. The summed E-state index contributed by atoms with van der Waals surface area (Å²) in [4.78, 5) is 12.1. The molecule has 7 nitrogen and oxygen atoms in total. The van der Waals surface area contributed by atoms with Gasteiger partial charge in [0.05, 0.1) is 12.7 Å². The molecule has 0 bridgehead atoms. The molecule has 0 amide bonds. The number of ether oxygens (including phenoxy) is 1. The molecule has 1 aromatic heterocycles. The molecular formula is C13H23N5O2. The van der Waals surface area contributed by atoms with E-state index in [1.807, 2.05) is 6.92 Å². The van der Waals surface area contributed by atoms with Crippen LogP contribution in [0.2, 0.25) is 0 Å². The van der Waals surface area contributed by atoms with Gasteiger partial charge in [-0.3, -0.25) is 0 Å². The van der Waals surface area contributed by atoms with Crippen molar-refractivity contribution in [2.75, 3.05) is 24.2 Å². The predicted molar refractivity (Wildman–Crippen MR) is 76.5 cm³/mol. The SMILES string of the molecule is CCCOc1nc(N)nc(NCC2CCCCC2O)n1. The molecule has 2 atom stereocenters. The summed E-state index contributed by atoms with van der Waals surface area (Å²) in [5.41, 5.74) is 5.64. The van der Waals surface area contributed by atoms with Crippen LogP contribution in [-0.2, 0) is 0 Å². The first-order valence-corrected chi connectivity index (χ1v) is 7.25. The Kier molecular flexibility index (Phi) is 5.34. The van der Waals surface area contributed by atoms with Crippen molar-refractivity contribution in [1.29, 1.82) is 0 Å². The van der Waals surface area contributed by atoms with Gasteiger partial charge in [0.25, 0.3) is 0 Å². The Bertz CT molecular complexity index is 429. The highest BCUT2D eigenvalue weighted by Gasteiger charge is 2.23. The van der Waals surface area contributed by atoms with E-state index in [-0.39, 0.29) is 24.0 Å². The molecular weight excluding hydrogens is 258 g/mol. The first-order valence-electron chi connectivity index (χ1n) is 7.25. The summed E-state index contributed by atoms with van der Waals surface area (Å²) in [5.74, 6) is 0.779. The topological polar surface area (TPSA) is 106 Å². The Morgan fingerprint density at radius 3 is 2.85 bits per heavy atom. The minimum atomic E-state index is -0.244. The Hall–Kier alpha value is -1.63. The normalized spacial score (nSPS) is 22.5. The number of nitrogen functional groups attached to an aromatic ring is 1. The molecule has 112 valence electrons. The first-order chi connectivity index (χ1) is 9.69. The van der Waals surface area contributed by atoms with Crippen molar-refractivity contribution in [1.82, 2.24) is 15.0 Å². The number of aromatic nitrogens is 3. The zero-order chi connectivity index (χ0) is 14.4. The minimum absolute atomic E-state index is 0.137. The summed E-state index contributed by atoms with van der Waals surface area (Å²) in [6.45, 7) is 3.19. The van der Waals surface area contributed by atoms with Crippen LogP contribution >= 0.6 is 0 Å². The van der Waals surface area contributed by atoms with E-state index in [9.17, 15) is 5.11 Å². The molecule has 0 spiro atoms. The number of anilines is 2. The quantitative estimate of drug-likeness (QED) is 0.719. The van der Waals surface area contributed by atoms with Crippen LogP contribution in [0.15, 0.2) is 0 Å². The van der Waals surface area contributed by atoms with E-state index in [2.05, 4.69) is 20.3 Å². The number of nitrogens with two attached hydrogens (primary N) is 1. The third-order valence-electron chi connectivity index (χ3n) is 3.46. The number of aliphatic hydroxyl groups excluding tert-OH is 1. The molecule has 2 rings (SSSR count). The number of aliphatic hydroxyl groups is 1. The van der Waals surface area contributed by atoms with Crippen LogP contribution in [0.25, 0.3) is 0 Å². The Labute approximate surface area is 119 Å².